The smallest absolute Gasteiger partial charge is 0.238 e. The maximum atomic E-state index is 11.9. The summed E-state index contributed by atoms with van der Waals surface area (Å²) in [5.41, 5.74) is 1.01. The van der Waals surface area contributed by atoms with E-state index in [0.717, 1.165) is 17.7 Å². The first-order valence-corrected chi connectivity index (χ1v) is 8.31. The lowest BCUT2D eigenvalue weighted by atomic mass is 10.1. The van der Waals surface area contributed by atoms with Gasteiger partial charge in [0.05, 0.1) is 13.7 Å². The highest BCUT2D eigenvalue weighted by molar-refractivity contribution is 7.84. The summed E-state index contributed by atoms with van der Waals surface area (Å²) in [4.78, 5) is 13.8. The molecular weight excluding hydrogens is 276 g/mol. The molecule has 1 aliphatic heterocycles. The van der Waals surface area contributed by atoms with Crippen LogP contribution in [-0.2, 0) is 15.6 Å². The molecule has 0 saturated carbocycles. The molecule has 1 aliphatic rings. The second kappa shape index (κ2) is 6.85. The molecule has 0 spiro atoms. The van der Waals surface area contributed by atoms with Crippen molar-refractivity contribution in [2.24, 2.45) is 0 Å². The molecule has 1 aromatic rings. The molecule has 1 aromatic carbocycles. The molecule has 5 nitrogen and oxygen atoms in total. The minimum atomic E-state index is -0.816. The van der Waals surface area contributed by atoms with Crippen LogP contribution in [0.25, 0.3) is 0 Å². The van der Waals surface area contributed by atoms with Crippen molar-refractivity contribution in [2.45, 2.75) is 12.6 Å². The number of carbonyl (C=O) groups excluding carboxylic acids is 1. The van der Waals surface area contributed by atoms with E-state index in [1.54, 1.807) is 13.4 Å². The first-order valence-electron chi connectivity index (χ1n) is 6.58. The lowest BCUT2D eigenvalue weighted by Crippen LogP contribution is -2.31. The van der Waals surface area contributed by atoms with Crippen LogP contribution in [0.1, 0.15) is 18.2 Å². The number of hydrogen-bond acceptors (Lipinski definition) is 4. The minimum absolute atomic E-state index is 0.0831. The topological polar surface area (TPSA) is 58.6 Å². The van der Waals surface area contributed by atoms with Crippen LogP contribution >= 0.6 is 0 Å². The second-order valence-electron chi connectivity index (χ2n) is 4.78. The van der Waals surface area contributed by atoms with Crippen LogP contribution in [0.4, 0.5) is 0 Å². The number of ether oxygens (including phenoxy) is 1. The third-order valence-electron chi connectivity index (χ3n) is 3.32. The highest BCUT2D eigenvalue weighted by Gasteiger charge is 2.31. The van der Waals surface area contributed by atoms with E-state index < -0.39 is 10.8 Å². The molecule has 1 saturated heterocycles. The lowest BCUT2D eigenvalue weighted by molar-refractivity contribution is -0.128. The molecule has 1 N–H and O–H groups in total. The Balaban J connectivity index is 2.08. The van der Waals surface area contributed by atoms with Crippen LogP contribution in [0.15, 0.2) is 24.3 Å². The zero-order valence-corrected chi connectivity index (χ0v) is 12.6. The Kier molecular flexibility index (Phi) is 5.14. The van der Waals surface area contributed by atoms with Gasteiger partial charge in [-0.05, 0) is 24.1 Å². The summed E-state index contributed by atoms with van der Waals surface area (Å²) < 4.78 is 16.3. The Bertz CT molecular complexity index is 507. The standard InChI is InChI=1S/C14H20N2O3S/c1-19-12-6-3-5-11(9-12)14-15-10-13(17)16(14)7-4-8-20(2)18/h3,5-6,9,14-15H,4,7-8,10H2,1-2H3. The van der Waals surface area contributed by atoms with Gasteiger partial charge in [-0.2, -0.15) is 0 Å². The van der Waals surface area contributed by atoms with Crippen LogP contribution < -0.4 is 10.1 Å². The van der Waals surface area contributed by atoms with Gasteiger partial charge in [-0.25, -0.2) is 0 Å². The Morgan fingerprint density at radius 1 is 1.50 bits per heavy atom. The number of methoxy groups -OCH3 is 1. The van der Waals surface area contributed by atoms with Gasteiger partial charge < -0.3 is 9.64 Å². The number of nitrogens with zero attached hydrogens (tertiary/aromatic N) is 1. The molecule has 1 fully saturated rings. The maximum Gasteiger partial charge on any atom is 0.238 e. The van der Waals surface area contributed by atoms with E-state index in [4.69, 9.17) is 4.74 Å². The zero-order chi connectivity index (χ0) is 14.5. The Hall–Kier alpha value is -1.40. The number of carbonyl (C=O) groups is 1. The molecular formula is C14H20N2O3S. The predicted octanol–water partition coefficient (Wildman–Crippen LogP) is 0.894. The van der Waals surface area contributed by atoms with Crippen LogP contribution in [0, 0.1) is 0 Å². The molecule has 1 heterocycles. The molecule has 0 radical (unpaired) electrons. The van der Waals surface area contributed by atoms with E-state index in [1.807, 2.05) is 29.2 Å². The quantitative estimate of drug-likeness (QED) is 0.847. The van der Waals surface area contributed by atoms with Gasteiger partial charge in [-0.1, -0.05) is 12.1 Å². The van der Waals surface area contributed by atoms with E-state index >= 15 is 0 Å². The Labute approximate surface area is 121 Å². The van der Waals surface area contributed by atoms with Gasteiger partial charge in [-0.15, -0.1) is 0 Å². The van der Waals surface area contributed by atoms with Gasteiger partial charge in [0.25, 0.3) is 0 Å². The molecule has 20 heavy (non-hydrogen) atoms. The minimum Gasteiger partial charge on any atom is -0.497 e. The Morgan fingerprint density at radius 2 is 2.30 bits per heavy atom. The second-order valence-corrected chi connectivity index (χ2v) is 6.33. The van der Waals surface area contributed by atoms with Crippen molar-refractivity contribution in [1.29, 1.82) is 0 Å². The summed E-state index contributed by atoms with van der Waals surface area (Å²) >= 11 is 0. The van der Waals surface area contributed by atoms with Crippen LogP contribution in [0.3, 0.4) is 0 Å². The number of nitrogens with one attached hydrogen (secondary N) is 1. The van der Waals surface area contributed by atoms with Gasteiger partial charge >= 0.3 is 0 Å². The van der Waals surface area contributed by atoms with Crippen LogP contribution in [0.5, 0.6) is 5.75 Å². The fourth-order valence-electron chi connectivity index (χ4n) is 2.34. The molecule has 2 unspecified atom stereocenters. The Morgan fingerprint density at radius 3 is 3.00 bits per heavy atom. The summed E-state index contributed by atoms with van der Waals surface area (Å²) in [5.74, 6) is 1.48. The summed E-state index contributed by atoms with van der Waals surface area (Å²) in [5, 5.41) is 3.21. The highest BCUT2D eigenvalue weighted by Crippen LogP contribution is 2.25. The van der Waals surface area contributed by atoms with Crippen LogP contribution in [0.2, 0.25) is 0 Å². The highest BCUT2D eigenvalue weighted by atomic mass is 32.2. The number of benzene rings is 1. The van der Waals surface area contributed by atoms with Crippen LogP contribution in [-0.4, -0.2) is 47.2 Å². The van der Waals surface area contributed by atoms with Crippen molar-refractivity contribution in [3.63, 3.8) is 0 Å². The van der Waals surface area contributed by atoms with E-state index in [9.17, 15) is 9.00 Å². The van der Waals surface area contributed by atoms with Crippen molar-refractivity contribution in [3.8, 4) is 5.75 Å². The first kappa shape index (κ1) is 15.0. The zero-order valence-electron chi connectivity index (χ0n) is 11.8. The van der Waals surface area contributed by atoms with Gasteiger partial charge in [-0.3, -0.25) is 14.3 Å². The number of hydrogen-bond donors (Lipinski definition) is 1. The molecule has 2 rings (SSSR count). The van der Waals surface area contributed by atoms with E-state index in [2.05, 4.69) is 5.32 Å². The summed E-state index contributed by atoms with van der Waals surface area (Å²) in [6.45, 7) is 0.963. The van der Waals surface area contributed by atoms with E-state index in [1.165, 1.54) is 0 Å². The normalized spacial score (nSPS) is 20.2. The summed E-state index contributed by atoms with van der Waals surface area (Å²) in [6, 6.07) is 7.70. The average molecular weight is 296 g/mol. The van der Waals surface area contributed by atoms with Crippen molar-refractivity contribution in [3.05, 3.63) is 29.8 Å². The largest absolute Gasteiger partial charge is 0.497 e. The van der Waals surface area contributed by atoms with Crippen molar-refractivity contribution in [1.82, 2.24) is 10.2 Å². The van der Waals surface area contributed by atoms with E-state index in [-0.39, 0.29) is 12.1 Å². The fraction of sp³-hybridized carbons (Fsp3) is 0.500. The molecule has 110 valence electrons. The SMILES string of the molecule is COc1cccc(C2NCC(=O)N2CCCS(C)=O)c1. The fourth-order valence-corrected chi connectivity index (χ4v) is 2.88. The van der Waals surface area contributed by atoms with E-state index in [0.29, 0.717) is 18.8 Å². The lowest BCUT2D eigenvalue weighted by Gasteiger charge is -2.24. The summed E-state index contributed by atoms with van der Waals surface area (Å²) in [7, 11) is 0.810. The van der Waals surface area contributed by atoms with Gasteiger partial charge in [0, 0.05) is 29.4 Å². The van der Waals surface area contributed by atoms with Crippen molar-refractivity contribution in [2.75, 3.05) is 32.2 Å². The third-order valence-corrected chi connectivity index (χ3v) is 4.18. The van der Waals surface area contributed by atoms with Gasteiger partial charge in [0.1, 0.15) is 11.9 Å². The molecule has 2 atom stereocenters. The summed E-state index contributed by atoms with van der Waals surface area (Å²) in [6.07, 6.45) is 2.31. The molecule has 0 bridgehead atoms. The van der Waals surface area contributed by atoms with Crippen molar-refractivity contribution >= 4 is 16.7 Å². The number of amides is 1. The first-order chi connectivity index (χ1) is 9.61. The molecule has 6 heteroatoms. The molecule has 0 aromatic heterocycles. The number of rotatable bonds is 6. The third kappa shape index (κ3) is 3.58. The maximum absolute atomic E-state index is 11.9. The van der Waals surface area contributed by atoms with Gasteiger partial charge in [0.15, 0.2) is 0 Å². The average Bonchev–Trinajstić information content (AvgIpc) is 2.80. The predicted molar refractivity (Wildman–Crippen MR) is 79.0 cm³/mol. The molecule has 1 amide bonds. The molecule has 0 aliphatic carbocycles. The van der Waals surface area contributed by atoms with Crippen molar-refractivity contribution < 1.29 is 13.7 Å². The van der Waals surface area contributed by atoms with Gasteiger partial charge in [0.2, 0.25) is 5.91 Å². The monoisotopic (exact) mass is 296 g/mol.